The lowest BCUT2D eigenvalue weighted by molar-refractivity contribution is -0.118. The van der Waals surface area contributed by atoms with E-state index in [9.17, 15) is 10.1 Å². The molecule has 0 bridgehead atoms. The Labute approximate surface area is 157 Å². The Kier molecular flexibility index (Phi) is 6.31. The molecule has 0 fully saturated rings. The molecule has 7 heteroatoms. The van der Waals surface area contributed by atoms with Gasteiger partial charge in [0, 0.05) is 11.4 Å². The van der Waals surface area contributed by atoms with Gasteiger partial charge in [-0.05, 0) is 36.8 Å². The lowest BCUT2D eigenvalue weighted by atomic mass is 10.1. The Morgan fingerprint density at radius 2 is 1.92 bits per heavy atom. The average Bonchev–Trinajstić information content (AvgIpc) is 2.59. The van der Waals surface area contributed by atoms with Gasteiger partial charge in [-0.2, -0.15) is 5.26 Å². The summed E-state index contributed by atoms with van der Waals surface area (Å²) in [6.07, 6.45) is 1.59. The highest BCUT2D eigenvalue weighted by molar-refractivity contribution is 7.81. The minimum atomic E-state index is -0.699. The second kappa shape index (κ2) is 8.65. The predicted molar refractivity (Wildman–Crippen MR) is 107 cm³/mol. The van der Waals surface area contributed by atoms with E-state index in [1.165, 1.54) is 0 Å². The molecule has 132 valence electrons. The number of allylic oxidation sites excluding steroid dienone is 1. The number of nitrogens with one attached hydrogen (secondary N) is 2. The third-order valence-electron chi connectivity index (χ3n) is 3.49. The van der Waals surface area contributed by atoms with Gasteiger partial charge in [0.25, 0.3) is 0 Å². The number of nitriles is 1. The van der Waals surface area contributed by atoms with E-state index < -0.39 is 11.9 Å². The maximum Gasteiger partial charge on any atom is 0.244 e. The van der Waals surface area contributed by atoms with Crippen LogP contribution in [0.15, 0.2) is 60.3 Å². The largest absolute Gasteiger partial charge is 0.402 e. The van der Waals surface area contributed by atoms with Gasteiger partial charge in [-0.15, -0.1) is 0 Å². The summed E-state index contributed by atoms with van der Waals surface area (Å²) < 4.78 is 0. The summed E-state index contributed by atoms with van der Waals surface area (Å²) in [4.78, 5) is 12.2. The summed E-state index contributed by atoms with van der Waals surface area (Å²) in [5.41, 5.74) is 14.0. The van der Waals surface area contributed by atoms with Gasteiger partial charge in [0.15, 0.2) is 0 Å². The van der Waals surface area contributed by atoms with E-state index in [1.54, 1.807) is 31.2 Å². The minimum absolute atomic E-state index is 0.383. The molecule has 1 atom stereocenters. The summed E-state index contributed by atoms with van der Waals surface area (Å²) in [6, 6.07) is 15.6. The number of carbonyl (C=O) groups is 1. The molecule has 2 rings (SSSR count). The molecule has 0 aliphatic heterocycles. The molecule has 6 nitrogen and oxygen atoms in total. The maximum absolute atomic E-state index is 11.9. The van der Waals surface area contributed by atoms with E-state index >= 15 is 0 Å². The highest BCUT2D eigenvalue weighted by Gasteiger charge is 2.18. The first-order valence-electron chi connectivity index (χ1n) is 7.80. The number of primary amides is 1. The molecule has 2 aromatic carbocycles. The number of hydrogen-bond acceptors (Lipinski definition) is 5. The molecule has 1 amide bonds. The number of amides is 1. The Morgan fingerprint density at radius 1 is 1.23 bits per heavy atom. The van der Waals surface area contributed by atoms with Crippen LogP contribution >= 0.6 is 12.2 Å². The Hall–Kier alpha value is -3.37. The van der Waals surface area contributed by atoms with Gasteiger partial charge in [0.05, 0.1) is 11.3 Å². The summed E-state index contributed by atoms with van der Waals surface area (Å²) in [5, 5.41) is 15.3. The SMILES string of the molecule is CC(N)=CC(=S)Nc1cc(N[C@@H](C(N)=O)c2ccccc2)ccc1C#N. The van der Waals surface area contributed by atoms with Crippen molar-refractivity contribution < 1.29 is 4.79 Å². The van der Waals surface area contributed by atoms with Crippen molar-refractivity contribution in [2.45, 2.75) is 13.0 Å². The molecule has 0 aromatic heterocycles. The van der Waals surface area contributed by atoms with Gasteiger partial charge in [-0.1, -0.05) is 42.5 Å². The monoisotopic (exact) mass is 365 g/mol. The number of hydrogen-bond donors (Lipinski definition) is 4. The lowest BCUT2D eigenvalue weighted by Gasteiger charge is -2.18. The van der Waals surface area contributed by atoms with Gasteiger partial charge in [-0.25, -0.2) is 0 Å². The molecule has 6 N–H and O–H groups in total. The fourth-order valence-corrected chi connectivity index (χ4v) is 2.64. The van der Waals surface area contributed by atoms with Crippen molar-refractivity contribution in [3.63, 3.8) is 0 Å². The lowest BCUT2D eigenvalue weighted by Crippen LogP contribution is -2.27. The second-order valence-electron chi connectivity index (χ2n) is 5.64. The molecule has 26 heavy (non-hydrogen) atoms. The topological polar surface area (TPSA) is 117 Å². The van der Waals surface area contributed by atoms with Crippen molar-refractivity contribution in [2.24, 2.45) is 11.5 Å². The van der Waals surface area contributed by atoms with Gasteiger partial charge >= 0.3 is 0 Å². The first-order valence-corrected chi connectivity index (χ1v) is 8.21. The zero-order valence-corrected chi connectivity index (χ0v) is 15.0. The molecule has 2 aromatic rings. The van der Waals surface area contributed by atoms with Crippen LogP contribution in [0.1, 0.15) is 24.1 Å². The zero-order chi connectivity index (χ0) is 19.1. The molecular weight excluding hydrogens is 346 g/mol. The molecule has 0 heterocycles. The number of benzene rings is 2. The van der Waals surface area contributed by atoms with Crippen LogP contribution in [0, 0.1) is 11.3 Å². The predicted octanol–water partition coefficient (Wildman–Crippen LogP) is 2.80. The average molecular weight is 365 g/mol. The number of nitrogens with zero attached hydrogens (tertiary/aromatic N) is 1. The summed E-state index contributed by atoms with van der Waals surface area (Å²) >= 11 is 5.20. The smallest absolute Gasteiger partial charge is 0.244 e. The quantitative estimate of drug-likeness (QED) is 0.462. The number of thiocarbonyl (C=S) groups is 1. The first kappa shape index (κ1) is 19.0. The van der Waals surface area contributed by atoms with Crippen molar-refractivity contribution in [3.05, 3.63) is 71.4 Å². The number of nitrogens with two attached hydrogens (primary N) is 2. The van der Waals surface area contributed by atoms with Crippen LogP contribution < -0.4 is 22.1 Å². The summed E-state index contributed by atoms with van der Waals surface area (Å²) in [5.74, 6) is -0.507. The van der Waals surface area contributed by atoms with Gasteiger partial charge in [0.1, 0.15) is 17.1 Å². The van der Waals surface area contributed by atoms with Crippen molar-refractivity contribution in [2.75, 3.05) is 10.6 Å². The fourth-order valence-electron chi connectivity index (χ4n) is 2.34. The highest BCUT2D eigenvalue weighted by Crippen LogP contribution is 2.25. The van der Waals surface area contributed by atoms with Gasteiger partial charge in [0.2, 0.25) is 5.91 Å². The first-order chi connectivity index (χ1) is 12.4. The minimum Gasteiger partial charge on any atom is -0.402 e. The molecular formula is C19H19N5OS. The van der Waals surface area contributed by atoms with Crippen LogP contribution in [0.4, 0.5) is 11.4 Å². The van der Waals surface area contributed by atoms with Crippen LogP contribution in [0.3, 0.4) is 0 Å². The summed E-state index contributed by atoms with van der Waals surface area (Å²) in [7, 11) is 0. The number of carbonyl (C=O) groups excluding carboxylic acids is 1. The maximum atomic E-state index is 11.9. The van der Waals surface area contributed by atoms with Crippen LogP contribution in [-0.4, -0.2) is 10.9 Å². The highest BCUT2D eigenvalue weighted by atomic mass is 32.1. The second-order valence-corrected chi connectivity index (χ2v) is 6.08. The van der Waals surface area contributed by atoms with E-state index in [0.29, 0.717) is 27.6 Å². The zero-order valence-electron chi connectivity index (χ0n) is 14.2. The van der Waals surface area contributed by atoms with E-state index in [0.717, 1.165) is 5.56 Å². The van der Waals surface area contributed by atoms with Gasteiger partial charge in [-0.3, -0.25) is 4.79 Å². The standard InChI is InChI=1S/C19H19N5OS/c1-12(21)9-17(26)24-16-10-15(8-7-14(16)11-20)23-18(19(22)25)13-5-3-2-4-6-13/h2-10,18,23H,21H2,1H3,(H2,22,25)(H,24,26)/t18-/m1/s1. The van der Waals surface area contributed by atoms with Crippen LogP contribution in [-0.2, 0) is 4.79 Å². The third kappa shape index (κ3) is 5.06. The van der Waals surface area contributed by atoms with Crippen LogP contribution in [0.25, 0.3) is 0 Å². The number of anilines is 2. The van der Waals surface area contributed by atoms with E-state index in [1.807, 2.05) is 30.3 Å². The molecule has 0 radical (unpaired) electrons. The van der Waals surface area contributed by atoms with Crippen molar-refractivity contribution in [3.8, 4) is 6.07 Å². The number of rotatable bonds is 6. The normalized spacial score (nSPS) is 11.9. The van der Waals surface area contributed by atoms with Gasteiger partial charge < -0.3 is 22.1 Å². The van der Waals surface area contributed by atoms with E-state index in [-0.39, 0.29) is 0 Å². The molecule has 0 aliphatic carbocycles. The fraction of sp³-hybridized carbons (Fsp3) is 0.105. The van der Waals surface area contributed by atoms with E-state index in [2.05, 4.69) is 16.7 Å². The van der Waals surface area contributed by atoms with Crippen molar-refractivity contribution >= 4 is 34.5 Å². The van der Waals surface area contributed by atoms with E-state index in [4.69, 9.17) is 23.7 Å². The molecule has 0 aliphatic rings. The molecule has 0 unspecified atom stereocenters. The molecule has 0 saturated heterocycles. The molecule has 0 spiro atoms. The summed E-state index contributed by atoms with van der Waals surface area (Å²) in [6.45, 7) is 1.72. The molecule has 0 saturated carbocycles. The Morgan fingerprint density at radius 3 is 2.50 bits per heavy atom. The van der Waals surface area contributed by atoms with Crippen LogP contribution in [0.2, 0.25) is 0 Å². The van der Waals surface area contributed by atoms with Crippen LogP contribution in [0.5, 0.6) is 0 Å². The van der Waals surface area contributed by atoms with Crippen molar-refractivity contribution in [1.82, 2.24) is 0 Å². The third-order valence-corrected chi connectivity index (χ3v) is 3.70. The Bertz CT molecular complexity index is 883. The van der Waals surface area contributed by atoms with Crippen molar-refractivity contribution in [1.29, 1.82) is 5.26 Å². The Balaban J connectivity index is 2.31.